The highest BCUT2D eigenvalue weighted by Gasteiger charge is 2.52. The lowest BCUT2D eigenvalue weighted by molar-refractivity contribution is -0.169. The average Bonchev–Trinajstić information content (AvgIpc) is 2.88. The van der Waals surface area contributed by atoms with Gasteiger partial charge in [0, 0.05) is 5.92 Å². The Bertz CT molecular complexity index is 362. The first-order valence-electron chi connectivity index (χ1n) is 6.08. The molecule has 2 saturated carbocycles. The lowest BCUT2D eigenvalue weighted by Gasteiger charge is -2.34. The van der Waals surface area contributed by atoms with Crippen LogP contribution < -0.4 is 0 Å². The van der Waals surface area contributed by atoms with E-state index < -0.39 is 23.5 Å². The molecule has 2 aliphatic carbocycles. The van der Waals surface area contributed by atoms with Gasteiger partial charge in [0.15, 0.2) is 5.92 Å². The van der Waals surface area contributed by atoms with E-state index in [9.17, 15) is 9.59 Å². The van der Waals surface area contributed by atoms with Crippen LogP contribution in [0.25, 0.3) is 0 Å². The number of ether oxygens (including phenoxy) is 1. The molecule has 1 N–H and O–H groups in total. The Hall–Kier alpha value is -1.32. The van der Waals surface area contributed by atoms with Crippen LogP contribution in [0.1, 0.15) is 32.6 Å². The van der Waals surface area contributed by atoms with E-state index in [4.69, 9.17) is 9.84 Å². The molecule has 0 amide bonds. The number of rotatable bonds is 4. The molecule has 2 fully saturated rings. The summed E-state index contributed by atoms with van der Waals surface area (Å²) in [6.45, 7) is 5.12. The number of hydrogen-bond donors (Lipinski definition) is 1. The highest BCUT2D eigenvalue weighted by molar-refractivity contribution is 5.93. The van der Waals surface area contributed by atoms with Gasteiger partial charge < -0.3 is 9.84 Å². The number of carboxylic acid groups (broad SMARTS) is 1. The molecule has 0 aromatic carbocycles. The number of aliphatic carboxylic acids is 1. The van der Waals surface area contributed by atoms with Crippen molar-refractivity contribution in [3.05, 3.63) is 12.7 Å². The van der Waals surface area contributed by atoms with E-state index in [2.05, 4.69) is 6.58 Å². The molecule has 17 heavy (non-hydrogen) atoms. The number of esters is 1. The van der Waals surface area contributed by atoms with Gasteiger partial charge in [-0.3, -0.25) is 9.59 Å². The Morgan fingerprint density at radius 3 is 2.65 bits per heavy atom. The summed E-state index contributed by atoms with van der Waals surface area (Å²) in [6.07, 6.45) is 5.81. The van der Waals surface area contributed by atoms with E-state index in [1.165, 1.54) is 13.3 Å². The van der Waals surface area contributed by atoms with Gasteiger partial charge in [0.25, 0.3) is 0 Å². The van der Waals surface area contributed by atoms with Gasteiger partial charge in [-0.25, -0.2) is 0 Å². The molecule has 0 aliphatic heterocycles. The van der Waals surface area contributed by atoms with Gasteiger partial charge in [0.2, 0.25) is 0 Å². The maximum Gasteiger partial charge on any atom is 0.320 e. The molecule has 4 atom stereocenters. The third kappa shape index (κ3) is 1.96. The molecular formula is C13H18O4. The summed E-state index contributed by atoms with van der Waals surface area (Å²) in [5.74, 6) is -1.96. The predicted molar refractivity (Wildman–Crippen MR) is 61.3 cm³/mol. The molecule has 94 valence electrons. The van der Waals surface area contributed by atoms with Gasteiger partial charge in [0.05, 0.1) is 0 Å². The van der Waals surface area contributed by atoms with Crippen LogP contribution in [0.15, 0.2) is 12.7 Å². The van der Waals surface area contributed by atoms with E-state index in [1.807, 2.05) is 0 Å². The molecule has 0 spiro atoms. The fourth-order valence-corrected chi connectivity index (χ4v) is 3.12. The van der Waals surface area contributed by atoms with Crippen molar-refractivity contribution in [3.63, 3.8) is 0 Å². The highest BCUT2D eigenvalue weighted by atomic mass is 16.6. The minimum Gasteiger partial charge on any atom is -0.481 e. The van der Waals surface area contributed by atoms with Crippen molar-refractivity contribution in [2.75, 3.05) is 0 Å². The van der Waals surface area contributed by atoms with E-state index in [0.29, 0.717) is 11.8 Å². The molecule has 0 aromatic heterocycles. The maximum atomic E-state index is 11.7. The molecular weight excluding hydrogens is 220 g/mol. The van der Waals surface area contributed by atoms with E-state index >= 15 is 0 Å². The highest BCUT2D eigenvalue weighted by Crippen LogP contribution is 2.53. The van der Waals surface area contributed by atoms with Crippen molar-refractivity contribution in [1.29, 1.82) is 0 Å². The molecule has 0 saturated heterocycles. The second-order valence-electron chi connectivity index (χ2n) is 5.22. The summed E-state index contributed by atoms with van der Waals surface area (Å²) >= 11 is 0. The fourth-order valence-electron chi connectivity index (χ4n) is 3.12. The van der Waals surface area contributed by atoms with E-state index in [1.54, 1.807) is 6.08 Å². The summed E-state index contributed by atoms with van der Waals surface area (Å²) in [4.78, 5) is 22.5. The second-order valence-corrected chi connectivity index (χ2v) is 5.22. The molecule has 0 aromatic rings. The summed E-state index contributed by atoms with van der Waals surface area (Å²) in [5, 5.41) is 8.79. The van der Waals surface area contributed by atoms with Crippen molar-refractivity contribution in [1.82, 2.24) is 0 Å². The number of carbonyl (C=O) groups is 2. The number of fused-ring (bicyclic) bond motifs is 2. The lowest BCUT2D eigenvalue weighted by atomic mass is 9.84. The van der Waals surface area contributed by atoms with Gasteiger partial charge in [-0.1, -0.05) is 6.58 Å². The molecule has 2 rings (SSSR count). The summed E-state index contributed by atoms with van der Waals surface area (Å²) in [7, 11) is 0. The lowest BCUT2D eigenvalue weighted by Crippen LogP contribution is -2.40. The van der Waals surface area contributed by atoms with Crippen LogP contribution in [-0.4, -0.2) is 22.6 Å². The topological polar surface area (TPSA) is 63.6 Å². The van der Waals surface area contributed by atoms with Crippen LogP contribution in [-0.2, 0) is 14.3 Å². The first-order valence-corrected chi connectivity index (χ1v) is 6.08. The zero-order chi connectivity index (χ0) is 12.6. The summed E-state index contributed by atoms with van der Waals surface area (Å²) in [5.41, 5.74) is -0.607. The number of carboxylic acids is 1. The molecule has 2 bridgehead atoms. The summed E-state index contributed by atoms with van der Waals surface area (Å²) < 4.78 is 5.47. The average molecular weight is 238 g/mol. The second kappa shape index (κ2) is 4.17. The first kappa shape index (κ1) is 12.1. The Balaban J connectivity index is 2.08. The normalized spacial score (nSPS) is 36.5. The fraction of sp³-hybridized carbons (Fsp3) is 0.692. The van der Waals surface area contributed by atoms with Gasteiger partial charge in [-0.05, 0) is 44.6 Å². The van der Waals surface area contributed by atoms with Gasteiger partial charge in [-0.2, -0.15) is 0 Å². The third-order valence-electron chi connectivity index (χ3n) is 4.20. The van der Waals surface area contributed by atoms with Gasteiger partial charge in [0.1, 0.15) is 5.60 Å². The van der Waals surface area contributed by atoms with Gasteiger partial charge >= 0.3 is 11.9 Å². The van der Waals surface area contributed by atoms with Crippen molar-refractivity contribution >= 4 is 11.9 Å². The van der Waals surface area contributed by atoms with Crippen LogP contribution in [0.3, 0.4) is 0 Å². The smallest absolute Gasteiger partial charge is 0.320 e. The van der Waals surface area contributed by atoms with Crippen molar-refractivity contribution < 1.29 is 19.4 Å². The first-order chi connectivity index (χ1) is 7.98. The quantitative estimate of drug-likeness (QED) is 0.462. The number of hydrogen-bond acceptors (Lipinski definition) is 3. The van der Waals surface area contributed by atoms with Crippen LogP contribution in [0.2, 0.25) is 0 Å². The third-order valence-corrected chi connectivity index (χ3v) is 4.20. The minimum atomic E-state index is -1.14. The van der Waals surface area contributed by atoms with E-state index in [0.717, 1.165) is 19.3 Å². The number of carbonyl (C=O) groups excluding carboxylic acids is 1. The maximum absolute atomic E-state index is 11.7. The van der Waals surface area contributed by atoms with Crippen LogP contribution >= 0.6 is 0 Å². The molecule has 0 heterocycles. The Morgan fingerprint density at radius 2 is 2.24 bits per heavy atom. The van der Waals surface area contributed by atoms with Gasteiger partial charge in [-0.15, -0.1) is 0 Å². The Kier molecular flexibility index (Phi) is 2.98. The monoisotopic (exact) mass is 238 g/mol. The largest absolute Gasteiger partial charge is 0.481 e. The molecule has 0 radical (unpaired) electrons. The predicted octanol–water partition coefficient (Wildman–Crippen LogP) is 2.00. The van der Waals surface area contributed by atoms with Crippen molar-refractivity contribution in [2.45, 2.75) is 38.2 Å². The Labute approximate surface area is 101 Å². The standard InChI is InChI=1S/C13H18O4/c1-3-13(7-9-4-5-10(13)6-9)17-12(16)8(2)11(14)15/h3,8-10H,1,4-7H2,2H3,(H,14,15). The SMILES string of the molecule is C=CC1(OC(=O)C(C)C(=O)O)CC2CCC1C2. The molecule has 4 unspecified atom stereocenters. The molecule has 4 nitrogen and oxygen atoms in total. The van der Waals surface area contributed by atoms with Crippen molar-refractivity contribution in [3.8, 4) is 0 Å². The van der Waals surface area contributed by atoms with Crippen LogP contribution in [0.4, 0.5) is 0 Å². The summed E-state index contributed by atoms with van der Waals surface area (Å²) in [6, 6.07) is 0. The minimum absolute atomic E-state index is 0.329. The van der Waals surface area contributed by atoms with Crippen molar-refractivity contribution in [2.24, 2.45) is 17.8 Å². The molecule has 2 aliphatic rings. The zero-order valence-electron chi connectivity index (χ0n) is 10.0. The van der Waals surface area contributed by atoms with Crippen LogP contribution in [0, 0.1) is 17.8 Å². The van der Waals surface area contributed by atoms with E-state index in [-0.39, 0.29) is 0 Å². The Morgan fingerprint density at radius 1 is 1.53 bits per heavy atom. The molecule has 4 heteroatoms. The zero-order valence-corrected chi connectivity index (χ0v) is 10.0. The van der Waals surface area contributed by atoms with Crippen LogP contribution in [0.5, 0.6) is 0 Å².